The van der Waals surface area contributed by atoms with Crippen LogP contribution in [-0.4, -0.2) is 19.1 Å². The molecule has 0 bridgehead atoms. The summed E-state index contributed by atoms with van der Waals surface area (Å²) in [5.74, 6) is 0.705. The second kappa shape index (κ2) is 14.7. The van der Waals surface area contributed by atoms with Crippen LogP contribution in [0.5, 0.6) is 0 Å². The first-order valence-electron chi connectivity index (χ1n) is 21.1. The standard InChI is InChI=1S/C58H38N4/c1-3-15-40(16-4-1)52-38-53(41-17-5-2-6-18-41)60-58(59-52)42-31-29-39(30-32-42)43-19-13-20-44(35-43)45-33-34-57-51(36-45)50-25-9-12-28-56(50)62(57)47-22-14-21-46(37-47)61-54-26-10-7-23-48(54)49-24-8-11-27-55(49)61/h1-38H. The minimum Gasteiger partial charge on any atom is -0.309 e. The molecule has 0 amide bonds. The average molecular weight is 791 g/mol. The lowest BCUT2D eigenvalue weighted by molar-refractivity contribution is 1.13. The second-order valence-corrected chi connectivity index (χ2v) is 15.8. The zero-order chi connectivity index (χ0) is 41.0. The van der Waals surface area contributed by atoms with E-state index in [9.17, 15) is 0 Å². The fourth-order valence-corrected chi connectivity index (χ4v) is 9.18. The molecule has 0 atom stereocenters. The van der Waals surface area contributed by atoms with Gasteiger partial charge in [0.1, 0.15) is 0 Å². The molecule has 0 aliphatic carbocycles. The van der Waals surface area contributed by atoms with Crippen molar-refractivity contribution in [1.82, 2.24) is 19.1 Å². The van der Waals surface area contributed by atoms with Gasteiger partial charge in [0.15, 0.2) is 5.82 Å². The Bertz CT molecular complexity index is 3510. The topological polar surface area (TPSA) is 35.6 Å². The first kappa shape index (κ1) is 35.6. The summed E-state index contributed by atoms with van der Waals surface area (Å²) in [4.78, 5) is 10.1. The molecule has 0 fully saturated rings. The lowest BCUT2D eigenvalue weighted by atomic mass is 9.97. The predicted octanol–water partition coefficient (Wildman–Crippen LogP) is 15.0. The molecule has 0 N–H and O–H groups in total. The number of fused-ring (bicyclic) bond motifs is 6. The molecule has 12 aromatic rings. The lowest BCUT2D eigenvalue weighted by Gasteiger charge is -2.13. The Labute approximate surface area is 359 Å². The summed E-state index contributed by atoms with van der Waals surface area (Å²) in [6.07, 6.45) is 0. The zero-order valence-corrected chi connectivity index (χ0v) is 33.7. The number of rotatable bonds is 7. The molecule has 0 spiro atoms. The number of hydrogen-bond acceptors (Lipinski definition) is 2. The van der Waals surface area contributed by atoms with E-state index >= 15 is 0 Å². The van der Waals surface area contributed by atoms with E-state index in [0.29, 0.717) is 5.82 Å². The van der Waals surface area contributed by atoms with Gasteiger partial charge in [0.2, 0.25) is 0 Å². The quantitative estimate of drug-likeness (QED) is 0.161. The molecule has 4 nitrogen and oxygen atoms in total. The number of benzene rings is 9. The minimum absolute atomic E-state index is 0.705. The third kappa shape index (κ3) is 6.08. The van der Waals surface area contributed by atoms with E-state index in [1.165, 1.54) is 54.7 Å². The van der Waals surface area contributed by atoms with Crippen molar-refractivity contribution in [1.29, 1.82) is 0 Å². The highest BCUT2D eigenvalue weighted by molar-refractivity contribution is 6.11. The molecule has 0 unspecified atom stereocenters. The van der Waals surface area contributed by atoms with Crippen LogP contribution in [0.25, 0.3) is 111 Å². The summed E-state index contributed by atoms with van der Waals surface area (Å²) < 4.78 is 4.80. The van der Waals surface area contributed by atoms with Gasteiger partial charge >= 0.3 is 0 Å². The highest BCUT2D eigenvalue weighted by Gasteiger charge is 2.17. The van der Waals surface area contributed by atoms with Gasteiger partial charge in [-0.05, 0) is 82.9 Å². The van der Waals surface area contributed by atoms with Crippen molar-refractivity contribution in [3.05, 3.63) is 231 Å². The third-order valence-electron chi connectivity index (χ3n) is 12.1. The van der Waals surface area contributed by atoms with Gasteiger partial charge < -0.3 is 9.13 Å². The van der Waals surface area contributed by atoms with Crippen LogP contribution in [0.3, 0.4) is 0 Å². The molecule has 3 heterocycles. The molecule has 4 heteroatoms. The maximum atomic E-state index is 5.05. The van der Waals surface area contributed by atoms with Gasteiger partial charge in [0.25, 0.3) is 0 Å². The SMILES string of the molecule is c1ccc(-c2cc(-c3ccccc3)nc(-c3ccc(-c4cccc(-c5ccc6c(c5)c5ccccc5n6-c5cccc(-n6c7ccccc7c7ccccc76)c5)c4)cc3)n2)cc1. The molecular weight excluding hydrogens is 753 g/mol. The summed E-state index contributed by atoms with van der Waals surface area (Å²) in [6.45, 7) is 0. The molecule has 0 saturated heterocycles. The normalized spacial score (nSPS) is 11.5. The van der Waals surface area contributed by atoms with Crippen LogP contribution in [0.2, 0.25) is 0 Å². The van der Waals surface area contributed by atoms with E-state index in [-0.39, 0.29) is 0 Å². The highest BCUT2D eigenvalue weighted by atomic mass is 15.0. The molecule has 290 valence electrons. The molecule has 9 aromatic carbocycles. The van der Waals surface area contributed by atoms with Gasteiger partial charge in [-0.15, -0.1) is 0 Å². The Morgan fingerprint density at radius 1 is 0.242 bits per heavy atom. The molecule has 3 aromatic heterocycles. The minimum atomic E-state index is 0.705. The summed E-state index contributed by atoms with van der Waals surface area (Å²) >= 11 is 0. The van der Waals surface area contributed by atoms with Crippen molar-refractivity contribution in [3.8, 4) is 67.5 Å². The van der Waals surface area contributed by atoms with Crippen molar-refractivity contribution in [2.45, 2.75) is 0 Å². The summed E-state index contributed by atoms with van der Waals surface area (Å²) in [5.41, 5.74) is 16.6. The predicted molar refractivity (Wildman–Crippen MR) is 258 cm³/mol. The van der Waals surface area contributed by atoms with Gasteiger partial charge in [-0.2, -0.15) is 0 Å². The summed E-state index contributed by atoms with van der Waals surface area (Å²) in [5, 5.41) is 4.97. The van der Waals surface area contributed by atoms with E-state index in [1.807, 2.05) is 36.4 Å². The molecule has 62 heavy (non-hydrogen) atoms. The van der Waals surface area contributed by atoms with Crippen molar-refractivity contribution < 1.29 is 0 Å². The first-order valence-corrected chi connectivity index (χ1v) is 21.1. The number of hydrogen-bond donors (Lipinski definition) is 0. The van der Waals surface area contributed by atoms with Crippen LogP contribution in [0.1, 0.15) is 0 Å². The van der Waals surface area contributed by atoms with E-state index < -0.39 is 0 Å². The number of nitrogens with zero attached hydrogens (tertiary/aromatic N) is 4. The van der Waals surface area contributed by atoms with Gasteiger partial charge in [-0.25, -0.2) is 9.97 Å². The Hall–Kier alpha value is -8.34. The van der Waals surface area contributed by atoms with E-state index in [4.69, 9.17) is 9.97 Å². The molecule has 0 saturated carbocycles. The monoisotopic (exact) mass is 790 g/mol. The summed E-state index contributed by atoms with van der Waals surface area (Å²) in [6, 6.07) is 82.2. The number of aromatic nitrogens is 4. The van der Waals surface area contributed by atoms with Crippen molar-refractivity contribution in [2.75, 3.05) is 0 Å². The molecule has 12 rings (SSSR count). The van der Waals surface area contributed by atoms with Crippen molar-refractivity contribution in [3.63, 3.8) is 0 Å². The zero-order valence-electron chi connectivity index (χ0n) is 33.7. The Kier molecular flexibility index (Phi) is 8.46. The van der Waals surface area contributed by atoms with Gasteiger partial charge in [0, 0.05) is 49.6 Å². The van der Waals surface area contributed by atoms with Gasteiger partial charge in [0.05, 0.1) is 33.5 Å². The Balaban J connectivity index is 0.903. The van der Waals surface area contributed by atoms with Crippen molar-refractivity contribution in [2.24, 2.45) is 0 Å². The lowest BCUT2D eigenvalue weighted by Crippen LogP contribution is -1.98. The highest BCUT2D eigenvalue weighted by Crippen LogP contribution is 2.38. The van der Waals surface area contributed by atoms with E-state index in [0.717, 1.165) is 50.6 Å². The smallest absolute Gasteiger partial charge is 0.160 e. The first-order chi connectivity index (χ1) is 30.7. The second-order valence-electron chi connectivity index (χ2n) is 15.8. The van der Waals surface area contributed by atoms with Crippen LogP contribution in [0.15, 0.2) is 231 Å². The van der Waals surface area contributed by atoms with Gasteiger partial charge in [-0.3, -0.25) is 0 Å². The van der Waals surface area contributed by atoms with Crippen LogP contribution < -0.4 is 0 Å². The van der Waals surface area contributed by atoms with E-state index in [2.05, 4.69) is 203 Å². The summed E-state index contributed by atoms with van der Waals surface area (Å²) in [7, 11) is 0. The molecule has 0 radical (unpaired) electrons. The maximum Gasteiger partial charge on any atom is 0.160 e. The van der Waals surface area contributed by atoms with Crippen molar-refractivity contribution >= 4 is 43.6 Å². The van der Waals surface area contributed by atoms with Crippen LogP contribution in [0.4, 0.5) is 0 Å². The van der Waals surface area contributed by atoms with Crippen LogP contribution in [-0.2, 0) is 0 Å². The fourth-order valence-electron chi connectivity index (χ4n) is 9.18. The molecule has 0 aliphatic heterocycles. The Morgan fingerprint density at radius 2 is 0.645 bits per heavy atom. The average Bonchev–Trinajstić information content (AvgIpc) is 3.87. The van der Waals surface area contributed by atoms with E-state index in [1.54, 1.807) is 0 Å². The molecule has 0 aliphatic rings. The van der Waals surface area contributed by atoms with Crippen LogP contribution >= 0.6 is 0 Å². The fraction of sp³-hybridized carbons (Fsp3) is 0. The molecular formula is C58H38N4. The Morgan fingerprint density at radius 3 is 1.21 bits per heavy atom. The van der Waals surface area contributed by atoms with Gasteiger partial charge in [-0.1, -0.05) is 170 Å². The number of para-hydroxylation sites is 3. The largest absolute Gasteiger partial charge is 0.309 e. The third-order valence-corrected chi connectivity index (χ3v) is 12.1. The maximum absolute atomic E-state index is 5.05. The van der Waals surface area contributed by atoms with Crippen LogP contribution in [0, 0.1) is 0 Å².